The van der Waals surface area contributed by atoms with Crippen molar-refractivity contribution in [3.63, 3.8) is 0 Å². The molecule has 0 unspecified atom stereocenters. The summed E-state index contributed by atoms with van der Waals surface area (Å²) >= 11 is 0. The van der Waals surface area contributed by atoms with Crippen molar-refractivity contribution in [3.05, 3.63) is 23.8 Å². The van der Waals surface area contributed by atoms with Crippen molar-refractivity contribution in [3.8, 4) is 0 Å². The largest absolute Gasteiger partial charge is 0.469 e. The predicted octanol–water partition coefficient (Wildman–Crippen LogP) is 1.45. The predicted molar refractivity (Wildman–Crippen MR) is 51.7 cm³/mol. The minimum absolute atomic E-state index is 0.0822. The summed E-state index contributed by atoms with van der Waals surface area (Å²) in [7, 11) is 1.43. The number of hydrogen-bond donors (Lipinski definition) is 0. The molecule has 0 aromatic heterocycles. The molecule has 3 nitrogen and oxygen atoms in total. The molecule has 1 heterocycles. The number of rotatable bonds is 1. The third-order valence-corrected chi connectivity index (χ3v) is 2.74. The van der Waals surface area contributed by atoms with E-state index in [1.807, 2.05) is 12.2 Å². The zero-order valence-corrected chi connectivity index (χ0v) is 8.23. The highest BCUT2D eigenvalue weighted by molar-refractivity contribution is 5.74. The molecule has 2 rings (SSSR count). The molecule has 1 aliphatic heterocycles. The highest BCUT2D eigenvalue weighted by Gasteiger charge is 2.34. The van der Waals surface area contributed by atoms with Crippen LogP contribution in [0.2, 0.25) is 0 Å². The van der Waals surface area contributed by atoms with E-state index in [1.54, 1.807) is 0 Å². The van der Waals surface area contributed by atoms with E-state index in [0.717, 1.165) is 18.4 Å². The molecule has 0 aromatic carbocycles. The molecule has 14 heavy (non-hydrogen) atoms. The van der Waals surface area contributed by atoms with E-state index in [-0.39, 0.29) is 18.0 Å². The van der Waals surface area contributed by atoms with E-state index < -0.39 is 0 Å². The number of ether oxygens (including phenoxy) is 2. The minimum Gasteiger partial charge on any atom is -0.469 e. The molecule has 2 aliphatic rings. The van der Waals surface area contributed by atoms with Crippen LogP contribution >= 0.6 is 0 Å². The van der Waals surface area contributed by atoms with Gasteiger partial charge in [0.2, 0.25) is 0 Å². The van der Waals surface area contributed by atoms with Gasteiger partial charge in [-0.05, 0) is 18.4 Å². The van der Waals surface area contributed by atoms with Gasteiger partial charge in [-0.15, -0.1) is 0 Å². The molecule has 0 N–H and O–H groups in total. The molecule has 0 fully saturated rings. The van der Waals surface area contributed by atoms with Gasteiger partial charge in [0.1, 0.15) is 0 Å². The topological polar surface area (TPSA) is 35.5 Å². The average Bonchev–Trinajstić information content (AvgIpc) is 2.27. The number of hydrogen-bond acceptors (Lipinski definition) is 3. The fraction of sp³-hybridized carbons (Fsp3) is 0.545. The van der Waals surface area contributed by atoms with Gasteiger partial charge in [-0.3, -0.25) is 4.79 Å². The van der Waals surface area contributed by atoms with Crippen LogP contribution in [0, 0.1) is 5.92 Å². The van der Waals surface area contributed by atoms with Crippen LogP contribution in [0.5, 0.6) is 0 Å². The minimum atomic E-state index is -0.157. The second-order valence-electron chi connectivity index (χ2n) is 3.57. The number of fused-ring (bicyclic) bond motifs is 1. The molecule has 0 bridgehead atoms. The number of carbonyl (C=O) groups excluding carboxylic acids is 1. The molecule has 0 amide bonds. The van der Waals surface area contributed by atoms with Gasteiger partial charge in [0, 0.05) is 0 Å². The Balaban J connectivity index is 2.19. The maximum atomic E-state index is 11.5. The molecular weight excluding hydrogens is 180 g/mol. The molecule has 0 spiro atoms. The smallest absolute Gasteiger partial charge is 0.311 e. The summed E-state index contributed by atoms with van der Waals surface area (Å²) in [4.78, 5) is 11.5. The summed E-state index contributed by atoms with van der Waals surface area (Å²) in [6.45, 7) is 0.593. The lowest BCUT2D eigenvalue weighted by atomic mass is 9.85. The zero-order chi connectivity index (χ0) is 9.97. The number of carbonyl (C=O) groups is 1. The van der Waals surface area contributed by atoms with Crippen LogP contribution in [-0.4, -0.2) is 25.8 Å². The van der Waals surface area contributed by atoms with E-state index in [0.29, 0.717) is 6.61 Å². The lowest BCUT2D eigenvalue weighted by Crippen LogP contribution is -2.36. The van der Waals surface area contributed by atoms with Crippen molar-refractivity contribution in [2.45, 2.75) is 18.9 Å². The second-order valence-corrected chi connectivity index (χ2v) is 3.57. The van der Waals surface area contributed by atoms with Crippen LogP contribution in [0.25, 0.3) is 0 Å². The van der Waals surface area contributed by atoms with E-state index in [4.69, 9.17) is 9.47 Å². The van der Waals surface area contributed by atoms with Crippen LogP contribution in [0.1, 0.15) is 12.8 Å². The summed E-state index contributed by atoms with van der Waals surface area (Å²) in [5.41, 5.74) is 1.12. The van der Waals surface area contributed by atoms with E-state index >= 15 is 0 Å². The molecule has 3 heteroatoms. The summed E-state index contributed by atoms with van der Waals surface area (Å²) < 4.78 is 10.3. The Labute approximate surface area is 83.4 Å². The van der Waals surface area contributed by atoms with Crippen LogP contribution in [0.3, 0.4) is 0 Å². The molecule has 0 saturated carbocycles. The van der Waals surface area contributed by atoms with E-state index in [2.05, 4.69) is 6.08 Å². The van der Waals surface area contributed by atoms with E-state index in [9.17, 15) is 4.79 Å². The lowest BCUT2D eigenvalue weighted by Gasteiger charge is -2.31. The fourth-order valence-corrected chi connectivity index (χ4v) is 2.04. The highest BCUT2D eigenvalue weighted by atomic mass is 16.5. The normalized spacial score (nSPS) is 30.5. The van der Waals surface area contributed by atoms with Gasteiger partial charge in [0.25, 0.3) is 0 Å². The van der Waals surface area contributed by atoms with Crippen molar-refractivity contribution < 1.29 is 14.3 Å². The van der Waals surface area contributed by atoms with Gasteiger partial charge in [0.15, 0.2) is 0 Å². The van der Waals surface area contributed by atoms with Crippen LogP contribution < -0.4 is 0 Å². The molecule has 0 aromatic rings. The fourth-order valence-electron chi connectivity index (χ4n) is 2.04. The third-order valence-electron chi connectivity index (χ3n) is 2.74. The van der Waals surface area contributed by atoms with Crippen LogP contribution in [-0.2, 0) is 14.3 Å². The molecule has 76 valence electrons. The third kappa shape index (κ3) is 1.60. The van der Waals surface area contributed by atoms with Crippen molar-refractivity contribution in [2.75, 3.05) is 13.7 Å². The maximum absolute atomic E-state index is 11.5. The lowest BCUT2D eigenvalue weighted by molar-refractivity contribution is -0.150. The summed E-state index contributed by atoms with van der Waals surface area (Å²) in [5, 5.41) is 0. The number of esters is 1. The second kappa shape index (κ2) is 3.96. The Bertz CT molecular complexity index is 291. The van der Waals surface area contributed by atoms with Crippen molar-refractivity contribution in [1.29, 1.82) is 0 Å². The first-order valence-corrected chi connectivity index (χ1v) is 4.89. The zero-order valence-electron chi connectivity index (χ0n) is 8.23. The first-order valence-electron chi connectivity index (χ1n) is 4.89. The number of methoxy groups -OCH3 is 1. The first-order chi connectivity index (χ1) is 6.83. The Kier molecular flexibility index (Phi) is 2.68. The van der Waals surface area contributed by atoms with Crippen molar-refractivity contribution in [1.82, 2.24) is 0 Å². The highest BCUT2D eigenvalue weighted by Crippen LogP contribution is 2.30. The van der Waals surface area contributed by atoms with Crippen LogP contribution in [0.15, 0.2) is 23.8 Å². The van der Waals surface area contributed by atoms with Crippen LogP contribution in [0.4, 0.5) is 0 Å². The summed E-state index contributed by atoms with van der Waals surface area (Å²) in [5.74, 6) is -0.277. The quantitative estimate of drug-likeness (QED) is 0.593. The number of allylic oxidation sites excluding steroid dienone is 1. The Morgan fingerprint density at radius 2 is 2.50 bits per heavy atom. The molecular formula is C11H14O3. The van der Waals surface area contributed by atoms with Gasteiger partial charge < -0.3 is 9.47 Å². The van der Waals surface area contributed by atoms with Crippen molar-refractivity contribution in [2.24, 2.45) is 5.92 Å². The van der Waals surface area contributed by atoms with Crippen molar-refractivity contribution >= 4 is 5.97 Å². The first kappa shape index (κ1) is 9.46. The maximum Gasteiger partial charge on any atom is 0.311 e. The molecule has 0 radical (unpaired) electrons. The summed E-state index contributed by atoms with van der Waals surface area (Å²) in [6.07, 6.45) is 7.83. The molecule has 0 saturated heterocycles. The Hall–Kier alpha value is -1.09. The monoisotopic (exact) mass is 194 g/mol. The summed E-state index contributed by atoms with van der Waals surface area (Å²) in [6, 6.07) is 0. The molecule has 2 atom stereocenters. The molecule has 1 aliphatic carbocycles. The average molecular weight is 194 g/mol. The van der Waals surface area contributed by atoms with Gasteiger partial charge in [-0.2, -0.15) is 0 Å². The van der Waals surface area contributed by atoms with E-state index in [1.165, 1.54) is 7.11 Å². The standard InChI is InChI=1S/C11H14O3/c1-13-11(12)9-6-2-4-8-5-3-7-14-10(8)9/h3-5,9-10H,2,6-7H2,1H3/t9-,10+/m1/s1. The SMILES string of the molecule is COC(=O)[C@@H]1CCC=C2C=CCO[C@@H]21. The Morgan fingerprint density at radius 1 is 1.64 bits per heavy atom. The van der Waals surface area contributed by atoms with Gasteiger partial charge >= 0.3 is 5.97 Å². The van der Waals surface area contributed by atoms with Gasteiger partial charge in [0.05, 0.1) is 25.7 Å². The Morgan fingerprint density at radius 3 is 3.29 bits per heavy atom. The van der Waals surface area contributed by atoms with Gasteiger partial charge in [-0.1, -0.05) is 18.2 Å². The van der Waals surface area contributed by atoms with Gasteiger partial charge in [-0.25, -0.2) is 0 Å².